The van der Waals surface area contributed by atoms with Gasteiger partial charge in [0.25, 0.3) is 0 Å². The SMILES string of the molecule is C(=C1C2CC3CC(C2)CC1C3)[C+]1C2CC3CC(C2)CC1C3.[F][Sb-]([F])([F])([F])([F])[F]. The van der Waals surface area contributed by atoms with Gasteiger partial charge in [-0.3, -0.25) is 0 Å². The molecule has 8 bridgehead atoms. The normalized spacial score (nSPS) is 48.1. The van der Waals surface area contributed by atoms with Gasteiger partial charge in [0.05, 0.1) is 17.6 Å². The fourth-order valence-electron chi connectivity index (χ4n) is 8.12. The van der Waals surface area contributed by atoms with Crippen LogP contribution < -0.4 is 0 Å². The van der Waals surface area contributed by atoms with E-state index >= 15 is 0 Å². The zero-order chi connectivity index (χ0) is 20.0. The Kier molecular flexibility index (Phi) is 4.15. The Morgan fingerprint density at radius 2 is 0.893 bits per heavy atom. The molecule has 0 radical (unpaired) electrons. The van der Waals surface area contributed by atoms with Gasteiger partial charge in [-0.05, 0) is 87.9 Å². The summed E-state index contributed by atoms with van der Waals surface area (Å²) in [6.45, 7) is 0. The molecule has 7 heteroatoms. The van der Waals surface area contributed by atoms with Gasteiger partial charge >= 0.3 is 36.4 Å². The molecule has 8 fully saturated rings. The van der Waals surface area contributed by atoms with Crippen molar-refractivity contribution < 1.29 is 16.9 Å². The molecule has 0 nitrogen and oxygen atoms in total. The minimum absolute atomic E-state index is 1.02. The topological polar surface area (TPSA) is 0 Å². The molecule has 0 unspecified atom stereocenters. The molecule has 0 aromatic rings. The van der Waals surface area contributed by atoms with E-state index in [4.69, 9.17) is 0 Å². The second kappa shape index (κ2) is 5.82. The average Bonchev–Trinajstić information content (AvgIpc) is 2.48. The monoisotopic (exact) mass is 516 g/mol. The molecule has 8 saturated carbocycles. The van der Waals surface area contributed by atoms with Crippen molar-refractivity contribution in [2.24, 2.45) is 47.3 Å². The summed E-state index contributed by atoms with van der Waals surface area (Å²) in [4.78, 5) is 0. The van der Waals surface area contributed by atoms with Crippen LogP contribution in [0.15, 0.2) is 11.6 Å². The summed E-state index contributed by atoms with van der Waals surface area (Å²) in [7, 11) is 0. The van der Waals surface area contributed by atoms with Crippen LogP contribution in [0.1, 0.15) is 64.2 Å². The van der Waals surface area contributed by atoms with Crippen LogP contribution in [0.4, 0.5) is 16.9 Å². The minimum atomic E-state index is -11.2. The van der Waals surface area contributed by atoms with Gasteiger partial charge in [0.1, 0.15) is 0 Å². The molecule has 8 aliphatic rings. The average molecular weight is 517 g/mol. The maximum atomic E-state index is 9.93. The molecule has 8 rings (SSSR count). The van der Waals surface area contributed by atoms with E-state index in [-0.39, 0.29) is 0 Å². The number of halogens is 6. The molecule has 28 heavy (non-hydrogen) atoms. The van der Waals surface area contributed by atoms with Gasteiger partial charge in [-0.2, -0.15) is 0 Å². The molecule has 160 valence electrons. The molecule has 0 N–H and O–H groups in total. The van der Waals surface area contributed by atoms with E-state index in [0.29, 0.717) is 0 Å². The molecule has 0 heterocycles. The third-order valence-corrected chi connectivity index (χ3v) is 8.50. The van der Waals surface area contributed by atoms with Gasteiger partial charge in [0.15, 0.2) is 0 Å². The molecule has 0 saturated heterocycles. The van der Waals surface area contributed by atoms with Crippen LogP contribution in [0, 0.1) is 53.3 Å². The third kappa shape index (κ3) is 4.52. The van der Waals surface area contributed by atoms with Gasteiger partial charge in [-0.1, -0.05) is 0 Å². The van der Waals surface area contributed by atoms with Crippen LogP contribution in [0.5, 0.6) is 0 Å². The van der Waals surface area contributed by atoms with Gasteiger partial charge in [0.2, 0.25) is 0 Å². The first-order valence-electron chi connectivity index (χ1n) is 10.9. The van der Waals surface area contributed by atoms with Crippen LogP contribution in [0.3, 0.4) is 0 Å². The summed E-state index contributed by atoms with van der Waals surface area (Å²) in [6, 6.07) is 0. The first-order valence-corrected chi connectivity index (χ1v) is 16.7. The fourth-order valence-corrected chi connectivity index (χ4v) is 8.12. The Morgan fingerprint density at radius 1 is 0.571 bits per heavy atom. The van der Waals surface area contributed by atoms with E-state index in [2.05, 4.69) is 6.08 Å². The van der Waals surface area contributed by atoms with Crippen molar-refractivity contribution in [1.82, 2.24) is 0 Å². The van der Waals surface area contributed by atoms with Crippen molar-refractivity contribution in [3.63, 3.8) is 0 Å². The predicted molar refractivity (Wildman–Crippen MR) is 97.8 cm³/mol. The Balaban J connectivity index is 0.000000213. The van der Waals surface area contributed by atoms with Gasteiger partial charge in [-0.15, -0.1) is 0 Å². The first-order chi connectivity index (χ1) is 12.8. The van der Waals surface area contributed by atoms with Crippen LogP contribution in [-0.2, 0) is 0 Å². The van der Waals surface area contributed by atoms with Crippen molar-refractivity contribution in [1.29, 1.82) is 0 Å². The summed E-state index contributed by atoms with van der Waals surface area (Å²) in [6.07, 6.45) is 18.5. The Bertz CT molecular complexity index is 609. The van der Waals surface area contributed by atoms with Gasteiger partial charge in [0, 0.05) is 23.7 Å². The van der Waals surface area contributed by atoms with E-state index in [1.165, 1.54) is 0 Å². The quantitative estimate of drug-likeness (QED) is 0.192. The molecule has 0 amide bonds. The van der Waals surface area contributed by atoms with Crippen LogP contribution >= 0.6 is 0 Å². The van der Waals surface area contributed by atoms with Crippen molar-refractivity contribution in [2.45, 2.75) is 64.2 Å². The second-order valence-corrected chi connectivity index (χ2v) is 16.2. The zero-order valence-electron chi connectivity index (χ0n) is 16.0. The Hall–Kier alpha value is 0.00818. The Morgan fingerprint density at radius 3 is 1.25 bits per heavy atom. The van der Waals surface area contributed by atoms with E-state index in [0.717, 1.165) is 47.3 Å². The van der Waals surface area contributed by atoms with Crippen LogP contribution in [-0.4, -0.2) is 19.5 Å². The van der Waals surface area contributed by atoms with Crippen molar-refractivity contribution >= 4 is 19.5 Å². The van der Waals surface area contributed by atoms with E-state index in [1.54, 1.807) is 64.2 Å². The molecule has 0 spiro atoms. The van der Waals surface area contributed by atoms with Crippen molar-refractivity contribution in [3.8, 4) is 0 Å². The standard InChI is InChI=1S/C21H29.6FH.Sb/c1-12-3-16-5-13(1)6-17(4-12)20(16)11-21-18-7-14-2-15(9-18)10-19(21)8-14;;;;;;;/h11-19H,1-10H2;6*1H;/q+1;;;;;;;+5/p-6. The summed E-state index contributed by atoms with van der Waals surface area (Å²) in [5, 5.41) is 0. The molecule has 0 aliphatic heterocycles. The molecular formula is C21H29F6Sb. The summed E-state index contributed by atoms with van der Waals surface area (Å²) >= 11 is -11.2. The zero-order valence-corrected chi connectivity index (χ0v) is 18.5. The molecule has 8 aliphatic carbocycles. The number of allylic oxidation sites excluding steroid dienone is 2. The second-order valence-electron chi connectivity index (χ2n) is 10.7. The fraction of sp³-hybridized carbons (Fsp3) is 0.857. The number of rotatable bonds is 1. The molecule has 0 aromatic heterocycles. The van der Waals surface area contributed by atoms with E-state index in [1.807, 2.05) is 11.5 Å². The van der Waals surface area contributed by atoms with E-state index < -0.39 is 19.5 Å². The first kappa shape index (κ1) is 19.9. The van der Waals surface area contributed by atoms with Gasteiger partial charge in [-0.25, -0.2) is 0 Å². The molecule has 0 aromatic carbocycles. The molecular weight excluding hydrogens is 488 g/mol. The van der Waals surface area contributed by atoms with Crippen molar-refractivity contribution in [3.05, 3.63) is 17.6 Å². The summed E-state index contributed by atoms with van der Waals surface area (Å²) < 4.78 is 59.6. The predicted octanol–water partition coefficient (Wildman–Crippen LogP) is 7.54. The van der Waals surface area contributed by atoms with Crippen LogP contribution in [0.25, 0.3) is 0 Å². The summed E-state index contributed by atoms with van der Waals surface area (Å²) in [5.41, 5.74) is 1.96. The van der Waals surface area contributed by atoms with Gasteiger partial charge < -0.3 is 0 Å². The van der Waals surface area contributed by atoms with Crippen molar-refractivity contribution in [2.75, 3.05) is 0 Å². The summed E-state index contributed by atoms with van der Waals surface area (Å²) in [5.74, 6) is 10.5. The Labute approximate surface area is 165 Å². The number of hydrogen-bond acceptors (Lipinski definition) is 0. The maximum absolute atomic E-state index is 11.2. The van der Waals surface area contributed by atoms with Crippen LogP contribution in [0.2, 0.25) is 0 Å². The number of hydrogen-bond donors (Lipinski definition) is 0. The van der Waals surface area contributed by atoms with E-state index in [9.17, 15) is 16.9 Å². The molecule has 0 atom stereocenters. The third-order valence-electron chi connectivity index (χ3n) is 8.50.